The SMILES string of the molecule is OC(Nc1ccc(F)c(Cl)c1)N1CCc2nn3c(c2C1)-c1nocc1CCC3. The van der Waals surface area contributed by atoms with Crippen molar-refractivity contribution in [2.24, 2.45) is 0 Å². The number of fused-ring (bicyclic) bond motifs is 5. The van der Waals surface area contributed by atoms with E-state index in [-0.39, 0.29) is 5.02 Å². The molecule has 0 radical (unpaired) electrons. The molecule has 2 aliphatic rings. The lowest BCUT2D eigenvalue weighted by Gasteiger charge is -2.31. The third-order valence-electron chi connectivity index (χ3n) is 5.38. The third-order valence-corrected chi connectivity index (χ3v) is 5.67. The number of nitrogens with zero attached hydrogens (tertiary/aromatic N) is 4. The summed E-state index contributed by atoms with van der Waals surface area (Å²) in [5.74, 6) is -0.490. The zero-order valence-electron chi connectivity index (χ0n) is 15.0. The number of benzene rings is 1. The van der Waals surface area contributed by atoms with E-state index in [4.69, 9.17) is 21.2 Å². The van der Waals surface area contributed by atoms with Gasteiger partial charge in [0.1, 0.15) is 17.8 Å². The monoisotopic (exact) mass is 403 g/mol. The van der Waals surface area contributed by atoms with Crippen molar-refractivity contribution in [2.45, 2.75) is 38.7 Å². The number of aliphatic hydroxyl groups excluding tert-OH is 1. The van der Waals surface area contributed by atoms with Crippen molar-refractivity contribution in [3.63, 3.8) is 0 Å². The molecule has 146 valence electrons. The van der Waals surface area contributed by atoms with E-state index in [1.54, 1.807) is 12.3 Å². The van der Waals surface area contributed by atoms with Crippen LogP contribution in [0.4, 0.5) is 10.1 Å². The zero-order valence-corrected chi connectivity index (χ0v) is 15.8. The van der Waals surface area contributed by atoms with Crippen LogP contribution in [0.3, 0.4) is 0 Å². The molecule has 2 N–H and O–H groups in total. The predicted octanol–water partition coefficient (Wildman–Crippen LogP) is 3.02. The van der Waals surface area contributed by atoms with Gasteiger partial charge in [-0.15, -0.1) is 0 Å². The first-order chi connectivity index (χ1) is 13.6. The van der Waals surface area contributed by atoms with Crippen molar-refractivity contribution in [2.75, 3.05) is 11.9 Å². The Hall–Kier alpha value is -2.42. The van der Waals surface area contributed by atoms with Crippen LogP contribution in [-0.2, 0) is 25.9 Å². The van der Waals surface area contributed by atoms with E-state index in [0.717, 1.165) is 54.0 Å². The molecule has 0 saturated heterocycles. The highest BCUT2D eigenvalue weighted by Gasteiger charge is 2.31. The predicted molar refractivity (Wildman–Crippen MR) is 101 cm³/mol. The van der Waals surface area contributed by atoms with Gasteiger partial charge in [-0.2, -0.15) is 5.10 Å². The van der Waals surface area contributed by atoms with Gasteiger partial charge >= 0.3 is 0 Å². The van der Waals surface area contributed by atoms with Gasteiger partial charge in [0.25, 0.3) is 0 Å². The summed E-state index contributed by atoms with van der Waals surface area (Å²) in [6.45, 7) is 2.02. The van der Waals surface area contributed by atoms with Crippen LogP contribution in [0.1, 0.15) is 23.2 Å². The molecule has 28 heavy (non-hydrogen) atoms. The van der Waals surface area contributed by atoms with E-state index in [2.05, 4.69) is 10.5 Å². The summed E-state index contributed by atoms with van der Waals surface area (Å²) in [5, 5.41) is 22.7. The Morgan fingerprint density at radius 2 is 2.18 bits per heavy atom. The number of nitrogens with one attached hydrogen (secondary N) is 1. The number of hydrogen-bond acceptors (Lipinski definition) is 6. The first-order valence-corrected chi connectivity index (χ1v) is 9.64. The van der Waals surface area contributed by atoms with Crippen LogP contribution >= 0.6 is 11.6 Å². The molecule has 0 fully saturated rings. The maximum absolute atomic E-state index is 13.4. The van der Waals surface area contributed by atoms with Gasteiger partial charge < -0.3 is 14.9 Å². The van der Waals surface area contributed by atoms with Crippen molar-refractivity contribution < 1.29 is 14.0 Å². The number of rotatable bonds is 3. The Balaban J connectivity index is 1.41. The quantitative estimate of drug-likeness (QED) is 0.654. The molecule has 4 heterocycles. The molecule has 2 aromatic heterocycles. The molecule has 1 aromatic carbocycles. The lowest BCUT2D eigenvalue weighted by Crippen LogP contribution is -2.43. The highest BCUT2D eigenvalue weighted by Crippen LogP contribution is 2.35. The van der Waals surface area contributed by atoms with Gasteiger partial charge in [-0.05, 0) is 31.0 Å². The topological polar surface area (TPSA) is 79.4 Å². The fourth-order valence-corrected chi connectivity index (χ4v) is 4.14. The molecule has 5 rings (SSSR count). The van der Waals surface area contributed by atoms with E-state index in [9.17, 15) is 9.50 Å². The van der Waals surface area contributed by atoms with Gasteiger partial charge in [0.15, 0.2) is 6.35 Å². The van der Waals surface area contributed by atoms with Crippen molar-refractivity contribution in [3.8, 4) is 11.4 Å². The lowest BCUT2D eigenvalue weighted by molar-refractivity contribution is 0.0163. The number of halogens is 2. The van der Waals surface area contributed by atoms with E-state index in [1.165, 1.54) is 12.1 Å². The summed E-state index contributed by atoms with van der Waals surface area (Å²) < 4.78 is 20.6. The van der Waals surface area contributed by atoms with E-state index < -0.39 is 12.2 Å². The molecule has 0 spiro atoms. The minimum atomic E-state index is -0.937. The van der Waals surface area contributed by atoms with Gasteiger partial charge in [-0.25, -0.2) is 4.39 Å². The molecular formula is C19H19ClFN5O2. The molecule has 0 bridgehead atoms. The van der Waals surface area contributed by atoms with Gasteiger partial charge in [-0.1, -0.05) is 16.8 Å². The van der Waals surface area contributed by atoms with Gasteiger partial charge in [0.05, 0.1) is 16.4 Å². The first-order valence-electron chi connectivity index (χ1n) is 9.26. The molecule has 0 saturated carbocycles. The first kappa shape index (κ1) is 17.7. The van der Waals surface area contributed by atoms with Gasteiger partial charge in [0, 0.05) is 42.9 Å². The fourth-order valence-electron chi connectivity index (χ4n) is 3.96. The number of anilines is 1. The van der Waals surface area contributed by atoms with Crippen LogP contribution in [0.25, 0.3) is 11.4 Å². The summed E-state index contributed by atoms with van der Waals surface area (Å²) in [7, 11) is 0. The number of aryl methyl sites for hydroxylation is 2. The normalized spacial score (nSPS) is 17.4. The molecule has 1 unspecified atom stereocenters. The molecule has 0 amide bonds. The van der Waals surface area contributed by atoms with Crippen molar-refractivity contribution in [1.29, 1.82) is 0 Å². The summed E-state index contributed by atoms with van der Waals surface area (Å²) in [5.41, 5.74) is 5.59. The maximum atomic E-state index is 13.4. The van der Waals surface area contributed by atoms with Crippen LogP contribution < -0.4 is 5.32 Å². The lowest BCUT2D eigenvalue weighted by atomic mass is 10.0. The van der Waals surface area contributed by atoms with Crippen LogP contribution in [0.5, 0.6) is 0 Å². The molecule has 0 aliphatic carbocycles. The fraction of sp³-hybridized carbons (Fsp3) is 0.368. The highest BCUT2D eigenvalue weighted by atomic mass is 35.5. The molecule has 3 aromatic rings. The Morgan fingerprint density at radius 3 is 3.04 bits per heavy atom. The van der Waals surface area contributed by atoms with Crippen molar-refractivity contribution in [1.82, 2.24) is 19.8 Å². The minimum Gasteiger partial charge on any atom is -0.364 e. The largest absolute Gasteiger partial charge is 0.364 e. The van der Waals surface area contributed by atoms with Crippen molar-refractivity contribution in [3.05, 3.63) is 52.1 Å². The number of aromatic nitrogens is 3. The summed E-state index contributed by atoms with van der Waals surface area (Å²) in [6.07, 6.45) is 3.40. The smallest absolute Gasteiger partial charge is 0.184 e. The average Bonchev–Trinajstić information content (AvgIpc) is 3.24. The Kier molecular flexibility index (Phi) is 4.34. The second-order valence-corrected chi connectivity index (χ2v) is 7.56. The molecule has 9 heteroatoms. The van der Waals surface area contributed by atoms with Gasteiger partial charge in [0.2, 0.25) is 0 Å². The van der Waals surface area contributed by atoms with E-state index >= 15 is 0 Å². The Bertz CT molecular complexity index is 1030. The van der Waals surface area contributed by atoms with Gasteiger partial charge in [-0.3, -0.25) is 9.58 Å². The molecule has 2 aliphatic heterocycles. The third kappa shape index (κ3) is 2.97. The summed E-state index contributed by atoms with van der Waals surface area (Å²) in [4.78, 5) is 1.91. The number of aliphatic hydroxyl groups is 1. The van der Waals surface area contributed by atoms with Crippen LogP contribution in [-0.4, -0.2) is 37.8 Å². The minimum absolute atomic E-state index is 0.0126. The summed E-state index contributed by atoms with van der Waals surface area (Å²) >= 11 is 5.83. The number of hydrogen-bond donors (Lipinski definition) is 2. The van der Waals surface area contributed by atoms with Crippen LogP contribution in [0.2, 0.25) is 5.02 Å². The maximum Gasteiger partial charge on any atom is 0.184 e. The molecule has 1 atom stereocenters. The van der Waals surface area contributed by atoms with Crippen LogP contribution in [0, 0.1) is 5.82 Å². The Labute approximate surface area is 165 Å². The average molecular weight is 404 g/mol. The van der Waals surface area contributed by atoms with Crippen LogP contribution in [0.15, 0.2) is 29.0 Å². The van der Waals surface area contributed by atoms with E-state index in [0.29, 0.717) is 18.8 Å². The second kappa shape index (κ2) is 6.88. The zero-order chi connectivity index (χ0) is 19.3. The standard InChI is InChI=1S/C19H19ClFN5O2/c20-14-8-12(3-4-15(14)21)22-19(27)25-7-5-16-13(9-25)18-17-11(10-28-24-17)2-1-6-26(18)23-16/h3-4,8,10,19,22,27H,1-2,5-7,9H2. The highest BCUT2D eigenvalue weighted by molar-refractivity contribution is 6.31. The van der Waals surface area contributed by atoms with Crippen molar-refractivity contribution >= 4 is 17.3 Å². The molecule has 7 nitrogen and oxygen atoms in total. The summed E-state index contributed by atoms with van der Waals surface area (Å²) in [6, 6.07) is 4.28. The molecular weight excluding hydrogens is 385 g/mol. The second-order valence-electron chi connectivity index (χ2n) is 7.16. The Morgan fingerprint density at radius 1 is 1.29 bits per heavy atom. The van der Waals surface area contributed by atoms with E-state index in [1.807, 2.05) is 9.58 Å².